The van der Waals surface area contributed by atoms with E-state index in [2.05, 4.69) is 43.9 Å². The van der Waals surface area contributed by atoms with Crippen LogP contribution in [0.1, 0.15) is 39.3 Å². The number of piperidine rings is 1. The van der Waals surface area contributed by atoms with Gasteiger partial charge < -0.3 is 10.1 Å². The molecule has 4 heterocycles. The van der Waals surface area contributed by atoms with Gasteiger partial charge in [0.25, 0.3) is 5.91 Å². The van der Waals surface area contributed by atoms with E-state index in [1.807, 2.05) is 35.9 Å². The predicted octanol–water partition coefficient (Wildman–Crippen LogP) is 4.50. The Bertz CT molecular complexity index is 1280. The van der Waals surface area contributed by atoms with E-state index in [0.29, 0.717) is 24.6 Å². The van der Waals surface area contributed by atoms with Crippen LogP contribution in [0.5, 0.6) is 5.75 Å². The number of pyridine rings is 1. The summed E-state index contributed by atoms with van der Waals surface area (Å²) in [7, 11) is 1.69. The summed E-state index contributed by atoms with van der Waals surface area (Å²) in [4.78, 5) is 21.5. The summed E-state index contributed by atoms with van der Waals surface area (Å²) >= 11 is 1.69. The molecule has 8 heteroatoms. The number of amides is 1. The number of ether oxygens (including phenoxy) is 1. The molecule has 5 rings (SSSR count). The predicted molar refractivity (Wildman–Crippen MR) is 139 cm³/mol. The number of likely N-dealkylation sites (tertiary alicyclic amines) is 1. The maximum absolute atomic E-state index is 13.1. The van der Waals surface area contributed by atoms with Gasteiger partial charge in [0.1, 0.15) is 5.75 Å². The van der Waals surface area contributed by atoms with Gasteiger partial charge in [-0.3, -0.25) is 9.69 Å². The van der Waals surface area contributed by atoms with Crippen molar-refractivity contribution >= 4 is 28.3 Å². The molecule has 0 aliphatic carbocycles. The van der Waals surface area contributed by atoms with Crippen molar-refractivity contribution < 1.29 is 9.53 Å². The van der Waals surface area contributed by atoms with Gasteiger partial charge in [-0.1, -0.05) is 18.2 Å². The van der Waals surface area contributed by atoms with Crippen molar-refractivity contribution in [2.24, 2.45) is 5.92 Å². The third-order valence-corrected chi connectivity index (χ3v) is 7.55. The number of benzene rings is 1. The van der Waals surface area contributed by atoms with Crippen molar-refractivity contribution in [1.29, 1.82) is 0 Å². The summed E-state index contributed by atoms with van der Waals surface area (Å²) in [5.41, 5.74) is 3.54. The van der Waals surface area contributed by atoms with Gasteiger partial charge in [0, 0.05) is 23.7 Å². The van der Waals surface area contributed by atoms with E-state index in [0.717, 1.165) is 55.0 Å². The molecule has 0 saturated carbocycles. The normalized spacial score (nSPS) is 14.9. The zero-order valence-corrected chi connectivity index (χ0v) is 21.1. The van der Waals surface area contributed by atoms with Crippen molar-refractivity contribution in [3.63, 3.8) is 0 Å². The SMILES string of the molecule is COc1ccc(CN2CCC(CNC(=O)c3cc(C)nc4c3cnn4Cc3cccs3)CC2)cc1. The Morgan fingerprint density at radius 1 is 1.17 bits per heavy atom. The van der Waals surface area contributed by atoms with Crippen LogP contribution in [0.15, 0.2) is 54.0 Å². The lowest BCUT2D eigenvalue weighted by Crippen LogP contribution is -2.38. The van der Waals surface area contributed by atoms with E-state index in [1.165, 1.54) is 10.4 Å². The number of rotatable bonds is 8. The third-order valence-electron chi connectivity index (χ3n) is 6.69. The first-order chi connectivity index (χ1) is 17.1. The molecule has 35 heavy (non-hydrogen) atoms. The zero-order valence-electron chi connectivity index (χ0n) is 20.2. The smallest absolute Gasteiger partial charge is 0.252 e. The molecular formula is C27H31N5O2S. The summed E-state index contributed by atoms with van der Waals surface area (Å²) in [5.74, 6) is 1.34. The topological polar surface area (TPSA) is 72.3 Å². The fraction of sp³-hybridized carbons (Fsp3) is 0.370. The molecule has 1 aliphatic rings. The summed E-state index contributed by atoms with van der Waals surface area (Å²) in [6.45, 7) is 6.32. The largest absolute Gasteiger partial charge is 0.497 e. The summed E-state index contributed by atoms with van der Waals surface area (Å²) in [6, 6.07) is 14.3. The minimum absolute atomic E-state index is 0.0446. The van der Waals surface area contributed by atoms with Crippen LogP contribution in [-0.2, 0) is 13.1 Å². The van der Waals surface area contributed by atoms with Crippen LogP contribution in [0, 0.1) is 12.8 Å². The van der Waals surface area contributed by atoms with Crippen LogP contribution < -0.4 is 10.1 Å². The molecule has 1 amide bonds. The molecule has 4 aromatic rings. The Morgan fingerprint density at radius 2 is 1.97 bits per heavy atom. The number of thiophene rings is 1. The van der Waals surface area contributed by atoms with Crippen molar-refractivity contribution in [3.8, 4) is 5.75 Å². The Labute approximate surface area is 209 Å². The van der Waals surface area contributed by atoms with Crippen LogP contribution in [-0.4, -0.2) is 52.3 Å². The Hall–Kier alpha value is -3.23. The van der Waals surface area contributed by atoms with Crippen molar-refractivity contribution in [2.45, 2.75) is 32.9 Å². The average molecular weight is 490 g/mol. The number of aromatic nitrogens is 3. The molecule has 1 fully saturated rings. The average Bonchev–Trinajstić information content (AvgIpc) is 3.54. The van der Waals surface area contributed by atoms with Crippen LogP contribution >= 0.6 is 11.3 Å². The van der Waals surface area contributed by atoms with Crippen LogP contribution in [0.2, 0.25) is 0 Å². The molecule has 1 saturated heterocycles. The first-order valence-electron chi connectivity index (χ1n) is 12.1. The second-order valence-electron chi connectivity index (χ2n) is 9.21. The lowest BCUT2D eigenvalue weighted by atomic mass is 9.96. The second-order valence-corrected chi connectivity index (χ2v) is 10.2. The monoisotopic (exact) mass is 489 g/mol. The third kappa shape index (κ3) is 5.55. The van der Waals surface area contributed by atoms with Gasteiger partial charge >= 0.3 is 0 Å². The number of aryl methyl sites for hydroxylation is 1. The maximum atomic E-state index is 13.1. The van der Waals surface area contributed by atoms with Crippen molar-refractivity contribution in [3.05, 3.63) is 75.7 Å². The Kier molecular flexibility index (Phi) is 7.11. The molecule has 0 spiro atoms. The van der Waals surface area contributed by atoms with E-state index in [1.54, 1.807) is 24.6 Å². The van der Waals surface area contributed by atoms with Gasteiger partial charge in [-0.05, 0) is 74.0 Å². The van der Waals surface area contributed by atoms with Gasteiger partial charge in [0.2, 0.25) is 0 Å². The number of hydrogen-bond donors (Lipinski definition) is 1. The maximum Gasteiger partial charge on any atom is 0.252 e. The molecular weight excluding hydrogens is 458 g/mol. The van der Waals surface area contributed by atoms with E-state index in [9.17, 15) is 4.79 Å². The number of carbonyl (C=O) groups is 1. The van der Waals surface area contributed by atoms with Gasteiger partial charge in [-0.25, -0.2) is 9.67 Å². The fourth-order valence-electron chi connectivity index (χ4n) is 4.70. The molecule has 0 unspecified atom stereocenters. The highest BCUT2D eigenvalue weighted by Gasteiger charge is 2.21. The molecule has 1 aliphatic heterocycles. The summed E-state index contributed by atoms with van der Waals surface area (Å²) in [5, 5.41) is 10.6. The van der Waals surface area contributed by atoms with Gasteiger partial charge in [0.05, 0.1) is 30.8 Å². The van der Waals surface area contributed by atoms with E-state index < -0.39 is 0 Å². The molecule has 1 N–H and O–H groups in total. The van der Waals surface area contributed by atoms with Crippen LogP contribution in [0.4, 0.5) is 0 Å². The Morgan fingerprint density at radius 3 is 2.69 bits per heavy atom. The molecule has 1 aromatic carbocycles. The number of nitrogens with zero attached hydrogens (tertiary/aromatic N) is 4. The number of nitrogens with one attached hydrogen (secondary N) is 1. The standard InChI is InChI=1S/C27H31N5O2S/c1-19-14-24(25-16-29-32(26(25)30-19)18-23-4-3-13-35-23)27(33)28-15-20-9-11-31(12-10-20)17-21-5-7-22(34-2)8-6-21/h3-8,13-14,16,20H,9-12,15,17-18H2,1-2H3,(H,28,33). The first-order valence-corrected chi connectivity index (χ1v) is 13.0. The van der Waals surface area contributed by atoms with Crippen LogP contribution in [0.25, 0.3) is 11.0 Å². The zero-order chi connectivity index (χ0) is 24.2. The molecule has 0 radical (unpaired) electrons. The van der Waals surface area contributed by atoms with Gasteiger partial charge in [-0.2, -0.15) is 5.10 Å². The number of fused-ring (bicyclic) bond motifs is 1. The number of methoxy groups -OCH3 is 1. The first kappa shape index (κ1) is 23.5. The molecule has 0 bridgehead atoms. The lowest BCUT2D eigenvalue weighted by molar-refractivity contribution is 0.0936. The number of carbonyl (C=O) groups excluding carboxylic acids is 1. The fourth-order valence-corrected chi connectivity index (χ4v) is 5.38. The summed E-state index contributed by atoms with van der Waals surface area (Å²) < 4.78 is 7.13. The molecule has 182 valence electrons. The van der Waals surface area contributed by atoms with E-state index >= 15 is 0 Å². The Balaban J connectivity index is 1.17. The minimum Gasteiger partial charge on any atom is -0.497 e. The van der Waals surface area contributed by atoms with Gasteiger partial charge in [-0.15, -0.1) is 11.3 Å². The van der Waals surface area contributed by atoms with Crippen LogP contribution in [0.3, 0.4) is 0 Å². The highest BCUT2D eigenvalue weighted by atomic mass is 32.1. The van der Waals surface area contributed by atoms with Crippen molar-refractivity contribution in [2.75, 3.05) is 26.7 Å². The molecule has 0 atom stereocenters. The van der Waals surface area contributed by atoms with Crippen molar-refractivity contribution in [1.82, 2.24) is 25.0 Å². The lowest BCUT2D eigenvalue weighted by Gasteiger charge is -2.32. The van der Waals surface area contributed by atoms with E-state index in [-0.39, 0.29) is 5.91 Å². The molecule has 3 aromatic heterocycles. The minimum atomic E-state index is -0.0446. The highest BCUT2D eigenvalue weighted by molar-refractivity contribution is 7.09. The van der Waals surface area contributed by atoms with E-state index in [4.69, 9.17) is 4.74 Å². The summed E-state index contributed by atoms with van der Waals surface area (Å²) in [6.07, 6.45) is 3.93. The van der Waals surface area contributed by atoms with Gasteiger partial charge in [0.15, 0.2) is 5.65 Å². The molecule has 7 nitrogen and oxygen atoms in total. The number of hydrogen-bond acceptors (Lipinski definition) is 6. The highest BCUT2D eigenvalue weighted by Crippen LogP contribution is 2.22. The second kappa shape index (κ2) is 10.6. The quantitative estimate of drug-likeness (QED) is 0.395.